The van der Waals surface area contributed by atoms with Crippen molar-refractivity contribution in [3.8, 4) is 0 Å². The Morgan fingerprint density at radius 3 is 2.69 bits per heavy atom. The van der Waals surface area contributed by atoms with E-state index >= 15 is 0 Å². The van der Waals surface area contributed by atoms with E-state index in [4.69, 9.17) is 17.3 Å². The van der Waals surface area contributed by atoms with Crippen LogP contribution in [-0.4, -0.2) is 60.8 Å². The van der Waals surface area contributed by atoms with Crippen molar-refractivity contribution in [1.82, 2.24) is 20.2 Å². The lowest BCUT2D eigenvalue weighted by atomic mass is 9.86. The molecule has 0 radical (unpaired) electrons. The van der Waals surface area contributed by atoms with Gasteiger partial charge in [-0.3, -0.25) is 19.5 Å². The number of nitrogens with one attached hydrogen (secondary N) is 1. The summed E-state index contributed by atoms with van der Waals surface area (Å²) in [7, 11) is 0. The molecule has 0 bridgehead atoms. The summed E-state index contributed by atoms with van der Waals surface area (Å²) in [5.74, 6) is -2.68. The van der Waals surface area contributed by atoms with E-state index < -0.39 is 35.6 Å². The first-order valence-electron chi connectivity index (χ1n) is 9.14. The summed E-state index contributed by atoms with van der Waals surface area (Å²) in [6.07, 6.45) is 4.04. The number of pyridine rings is 1. The molecule has 0 saturated carbocycles. The first-order valence-corrected chi connectivity index (χ1v) is 11.2. The standard InChI is InChI=1S/C18H15ClN6O5S2/c19-14-11(23-18(20)32-14)12(24-30)15(26)22-10-8-1-2-9(31-7-3-5-21-6-4-7)13(17(28)29)25(8)16(10)27/h3-6,8,10,30H,1-2H2,(H2,20,23)(H,22,26)(H,28,29)/b24-12-/t8?,10-/m0/s1. The highest BCUT2D eigenvalue weighted by Crippen LogP contribution is 2.43. The lowest BCUT2D eigenvalue weighted by molar-refractivity contribution is -0.155. The van der Waals surface area contributed by atoms with Crippen LogP contribution in [0.1, 0.15) is 18.5 Å². The molecule has 2 aliphatic heterocycles. The van der Waals surface area contributed by atoms with Crippen molar-refractivity contribution in [2.24, 2.45) is 5.16 Å². The zero-order chi connectivity index (χ0) is 23.0. The van der Waals surface area contributed by atoms with Gasteiger partial charge in [0, 0.05) is 22.2 Å². The average Bonchev–Trinajstić information content (AvgIpc) is 3.10. The second kappa shape index (κ2) is 8.76. The molecule has 1 unspecified atom stereocenters. The number of carbonyl (C=O) groups excluding carboxylic acids is 2. The van der Waals surface area contributed by atoms with Gasteiger partial charge in [-0.25, -0.2) is 9.78 Å². The summed E-state index contributed by atoms with van der Waals surface area (Å²) in [5.41, 5.74) is 4.85. The van der Waals surface area contributed by atoms with Crippen molar-refractivity contribution in [1.29, 1.82) is 0 Å². The fourth-order valence-corrected chi connectivity index (χ4v) is 5.52. The van der Waals surface area contributed by atoms with E-state index in [0.29, 0.717) is 17.7 Å². The molecule has 32 heavy (non-hydrogen) atoms. The quantitative estimate of drug-likeness (QED) is 0.201. The molecule has 11 nitrogen and oxygen atoms in total. The maximum Gasteiger partial charge on any atom is 0.353 e. The van der Waals surface area contributed by atoms with Gasteiger partial charge in [0.2, 0.25) is 0 Å². The topological polar surface area (TPSA) is 171 Å². The van der Waals surface area contributed by atoms with Crippen LogP contribution in [-0.2, 0) is 14.4 Å². The minimum atomic E-state index is -1.23. The van der Waals surface area contributed by atoms with Crippen molar-refractivity contribution in [2.75, 3.05) is 5.73 Å². The van der Waals surface area contributed by atoms with E-state index in [2.05, 4.69) is 20.4 Å². The van der Waals surface area contributed by atoms with Crippen LogP contribution in [0.15, 0.2) is 45.2 Å². The van der Waals surface area contributed by atoms with Crippen molar-refractivity contribution in [3.63, 3.8) is 0 Å². The number of fused-ring (bicyclic) bond motifs is 1. The lowest BCUT2D eigenvalue weighted by Gasteiger charge is -2.50. The van der Waals surface area contributed by atoms with Crippen LogP contribution < -0.4 is 11.1 Å². The fourth-order valence-electron chi connectivity index (χ4n) is 3.55. The molecule has 1 saturated heterocycles. The number of anilines is 1. The molecular weight excluding hydrogens is 480 g/mol. The first-order chi connectivity index (χ1) is 15.3. The fraction of sp³-hybridized carbons (Fsp3) is 0.222. The zero-order valence-electron chi connectivity index (χ0n) is 16.1. The van der Waals surface area contributed by atoms with Crippen LogP contribution in [0.2, 0.25) is 4.34 Å². The number of nitrogen functional groups attached to an aromatic ring is 1. The number of hydrogen-bond acceptors (Lipinski definition) is 10. The number of thioether (sulfide) groups is 1. The number of rotatable bonds is 6. The number of allylic oxidation sites excluding steroid dienone is 1. The summed E-state index contributed by atoms with van der Waals surface area (Å²) in [6, 6.07) is 1.97. The normalized spacial score (nSPS) is 20.6. The predicted octanol–water partition coefficient (Wildman–Crippen LogP) is 1.53. The van der Waals surface area contributed by atoms with Gasteiger partial charge in [0.25, 0.3) is 11.8 Å². The molecule has 0 aromatic carbocycles. The van der Waals surface area contributed by atoms with E-state index in [1.165, 1.54) is 16.7 Å². The molecule has 2 aromatic rings. The molecule has 1 fully saturated rings. The average molecular weight is 495 g/mol. The van der Waals surface area contributed by atoms with Crippen LogP contribution in [0.25, 0.3) is 0 Å². The van der Waals surface area contributed by atoms with E-state index in [-0.39, 0.29) is 20.9 Å². The molecule has 4 rings (SSSR count). The number of β-lactam (4-membered cyclic amide) rings is 1. The highest BCUT2D eigenvalue weighted by molar-refractivity contribution is 8.03. The van der Waals surface area contributed by atoms with Crippen molar-refractivity contribution in [2.45, 2.75) is 29.8 Å². The third kappa shape index (κ3) is 3.89. The van der Waals surface area contributed by atoms with Gasteiger partial charge < -0.3 is 21.4 Å². The first kappa shape index (κ1) is 22.0. The third-order valence-corrected chi connectivity index (χ3v) is 7.15. The molecule has 0 aliphatic carbocycles. The minimum absolute atomic E-state index is 0.0542. The number of halogens is 1. The maximum absolute atomic E-state index is 12.8. The Morgan fingerprint density at radius 2 is 2.09 bits per heavy atom. The van der Waals surface area contributed by atoms with Crippen LogP contribution >= 0.6 is 34.7 Å². The number of amides is 2. The summed E-state index contributed by atoms with van der Waals surface area (Å²) in [6.45, 7) is 0. The molecule has 4 heterocycles. The van der Waals surface area contributed by atoms with Gasteiger partial charge in [-0.15, -0.1) is 0 Å². The van der Waals surface area contributed by atoms with Gasteiger partial charge in [0.15, 0.2) is 10.8 Å². The SMILES string of the molecule is Nc1nc(/C(=N/O)C(=O)N[C@@H]2C(=O)N3C(C(=O)O)=C(Sc4ccncc4)CCC23)c(Cl)s1. The second-order valence-corrected chi connectivity index (χ2v) is 9.55. The van der Waals surface area contributed by atoms with E-state index in [1.807, 2.05) is 0 Å². The van der Waals surface area contributed by atoms with Crippen molar-refractivity contribution in [3.05, 3.63) is 45.2 Å². The number of oxime groups is 1. The number of carboxylic acids is 1. The van der Waals surface area contributed by atoms with Gasteiger partial charge in [-0.2, -0.15) is 0 Å². The van der Waals surface area contributed by atoms with Crippen LogP contribution in [0.5, 0.6) is 0 Å². The Morgan fingerprint density at radius 1 is 1.38 bits per heavy atom. The summed E-state index contributed by atoms with van der Waals surface area (Å²) in [4.78, 5) is 47.7. The number of hydrogen-bond donors (Lipinski definition) is 4. The maximum atomic E-state index is 12.8. The number of thiazole rings is 1. The number of carbonyl (C=O) groups is 3. The van der Waals surface area contributed by atoms with Gasteiger partial charge in [0.05, 0.1) is 6.04 Å². The molecule has 2 atom stereocenters. The molecule has 5 N–H and O–H groups in total. The minimum Gasteiger partial charge on any atom is -0.477 e. The molecular formula is C18H15ClN6O5S2. The van der Waals surface area contributed by atoms with Crippen LogP contribution in [0, 0.1) is 0 Å². The Balaban J connectivity index is 1.53. The van der Waals surface area contributed by atoms with Crippen LogP contribution in [0.3, 0.4) is 0 Å². The van der Waals surface area contributed by atoms with Gasteiger partial charge in [0.1, 0.15) is 21.8 Å². The van der Waals surface area contributed by atoms with E-state index in [9.17, 15) is 24.7 Å². The highest BCUT2D eigenvalue weighted by Gasteiger charge is 2.53. The predicted molar refractivity (Wildman–Crippen MR) is 116 cm³/mol. The highest BCUT2D eigenvalue weighted by atomic mass is 35.5. The van der Waals surface area contributed by atoms with Crippen molar-refractivity contribution >= 4 is 63.3 Å². The smallest absolute Gasteiger partial charge is 0.353 e. The van der Waals surface area contributed by atoms with E-state index in [1.54, 1.807) is 24.5 Å². The molecule has 2 amide bonds. The Bertz CT molecular complexity index is 1170. The zero-order valence-corrected chi connectivity index (χ0v) is 18.4. The number of aliphatic carboxylic acids is 1. The molecule has 166 valence electrons. The molecule has 2 aliphatic rings. The van der Waals surface area contributed by atoms with Gasteiger partial charge in [-0.05, 0) is 25.0 Å². The van der Waals surface area contributed by atoms with Gasteiger partial charge >= 0.3 is 5.97 Å². The number of carboxylic acid groups (broad SMARTS) is 1. The summed E-state index contributed by atoms with van der Waals surface area (Å²) in [5, 5.41) is 24.5. The van der Waals surface area contributed by atoms with Crippen molar-refractivity contribution < 1.29 is 24.7 Å². The van der Waals surface area contributed by atoms with Gasteiger partial charge in [-0.1, -0.05) is 39.9 Å². The van der Waals surface area contributed by atoms with E-state index in [0.717, 1.165) is 16.2 Å². The van der Waals surface area contributed by atoms with Crippen LogP contribution in [0.4, 0.5) is 5.13 Å². The molecule has 0 spiro atoms. The summed E-state index contributed by atoms with van der Waals surface area (Å²) >= 11 is 8.13. The molecule has 14 heteroatoms. The summed E-state index contributed by atoms with van der Waals surface area (Å²) < 4.78 is 0.0542. The lowest BCUT2D eigenvalue weighted by Crippen LogP contribution is -2.72. The number of nitrogens with two attached hydrogens (primary N) is 1. The molecule has 2 aromatic heterocycles. The Labute approximate surface area is 194 Å². The number of aromatic nitrogens is 2. The number of nitrogens with zero attached hydrogens (tertiary/aromatic N) is 4. The third-order valence-electron chi connectivity index (χ3n) is 4.91. The monoisotopic (exact) mass is 494 g/mol. The largest absolute Gasteiger partial charge is 0.477 e. The second-order valence-electron chi connectivity index (χ2n) is 6.75. The Hall–Kier alpha value is -3.16. The Kier molecular flexibility index (Phi) is 6.04.